The molecule has 5 aromatic rings. The molecule has 210 valence electrons. The molecular formula is C30H30N6O3S2. The molecule has 3 N–H and O–H groups in total. The van der Waals surface area contributed by atoms with Gasteiger partial charge < -0.3 is 20.4 Å². The first-order chi connectivity index (χ1) is 20.1. The summed E-state index contributed by atoms with van der Waals surface area (Å²) < 4.78 is 5.58. The Kier molecular flexibility index (Phi) is 9.27. The Labute approximate surface area is 246 Å². The summed E-state index contributed by atoms with van der Waals surface area (Å²) in [5.74, 6) is 0.829. The van der Waals surface area contributed by atoms with Gasteiger partial charge in [0.25, 0.3) is 11.8 Å². The standard InChI is InChI=1S/C30H30N6O3S2/c1-39-30-21(15-19-9-3-5-11-22(19)36-30)24-16-33-27(34-24)23(35-29(38)26-17-31-18-41-26)12-7-8-14-32-28(37)20-10-4-6-13-25(20)40-2/h3-6,9-11,13,15-18,23H,7-8,12,14H2,1-2H3,(H,32,37)(H,33,34)(H,35,38). The Morgan fingerprint density at radius 3 is 2.71 bits per heavy atom. The van der Waals surface area contributed by atoms with Gasteiger partial charge in [-0.15, -0.1) is 23.1 Å². The van der Waals surface area contributed by atoms with E-state index in [2.05, 4.69) is 30.6 Å². The van der Waals surface area contributed by atoms with E-state index in [1.165, 1.54) is 11.3 Å². The van der Waals surface area contributed by atoms with E-state index in [0.717, 1.165) is 39.9 Å². The molecule has 9 nitrogen and oxygen atoms in total. The highest BCUT2D eigenvalue weighted by Crippen LogP contribution is 2.31. The second-order valence-electron chi connectivity index (χ2n) is 9.26. The Balaban J connectivity index is 1.29. The summed E-state index contributed by atoms with van der Waals surface area (Å²) >= 11 is 2.83. The van der Waals surface area contributed by atoms with Crippen LogP contribution in [0.5, 0.6) is 5.88 Å². The molecule has 0 aliphatic carbocycles. The lowest BCUT2D eigenvalue weighted by atomic mass is 10.1. The van der Waals surface area contributed by atoms with Gasteiger partial charge in [0.2, 0.25) is 5.88 Å². The predicted molar refractivity (Wildman–Crippen MR) is 163 cm³/mol. The van der Waals surface area contributed by atoms with Crippen molar-refractivity contribution < 1.29 is 14.3 Å². The van der Waals surface area contributed by atoms with Crippen molar-refractivity contribution in [2.75, 3.05) is 19.9 Å². The van der Waals surface area contributed by atoms with Crippen LogP contribution in [-0.4, -0.2) is 51.7 Å². The molecule has 0 bridgehead atoms. The average Bonchev–Trinajstić information content (AvgIpc) is 3.73. The molecule has 3 aromatic heterocycles. The second-order valence-corrected chi connectivity index (χ2v) is 11.0. The molecule has 41 heavy (non-hydrogen) atoms. The number of hydrogen-bond acceptors (Lipinski definition) is 8. The maximum atomic E-state index is 12.9. The number of rotatable bonds is 12. The van der Waals surface area contributed by atoms with Crippen molar-refractivity contribution in [1.29, 1.82) is 0 Å². The summed E-state index contributed by atoms with van der Waals surface area (Å²) in [5.41, 5.74) is 4.67. The molecule has 0 fully saturated rings. The number of unbranched alkanes of at least 4 members (excludes halogenated alkanes) is 1. The smallest absolute Gasteiger partial charge is 0.263 e. The molecule has 0 saturated heterocycles. The van der Waals surface area contributed by atoms with Crippen molar-refractivity contribution in [2.24, 2.45) is 0 Å². The number of carbonyl (C=O) groups excluding carboxylic acids is 2. The zero-order valence-electron chi connectivity index (χ0n) is 22.7. The number of hydrogen-bond donors (Lipinski definition) is 3. The highest BCUT2D eigenvalue weighted by Gasteiger charge is 2.21. The number of pyridine rings is 1. The fourth-order valence-electron chi connectivity index (χ4n) is 4.53. The third kappa shape index (κ3) is 6.75. The largest absolute Gasteiger partial charge is 0.480 e. The number of ether oxygens (including phenoxy) is 1. The van der Waals surface area contributed by atoms with Crippen molar-refractivity contribution >= 4 is 45.8 Å². The van der Waals surface area contributed by atoms with Crippen LogP contribution in [0, 0.1) is 0 Å². The SMILES string of the molecule is COc1nc2ccccc2cc1-c1cnc(C(CCCCNC(=O)c2ccccc2SC)NC(=O)c2cncs2)[nH]1. The summed E-state index contributed by atoms with van der Waals surface area (Å²) in [4.78, 5) is 43.8. The van der Waals surface area contributed by atoms with Crippen molar-refractivity contribution in [3.05, 3.63) is 88.8 Å². The van der Waals surface area contributed by atoms with Crippen LogP contribution in [0.1, 0.15) is 51.2 Å². The van der Waals surface area contributed by atoms with E-state index in [9.17, 15) is 9.59 Å². The van der Waals surface area contributed by atoms with Crippen LogP contribution in [0.3, 0.4) is 0 Å². The quantitative estimate of drug-likeness (QED) is 0.123. The van der Waals surface area contributed by atoms with Gasteiger partial charge in [-0.1, -0.05) is 30.3 Å². The van der Waals surface area contributed by atoms with Gasteiger partial charge in [0, 0.05) is 16.8 Å². The summed E-state index contributed by atoms with van der Waals surface area (Å²) in [6, 6.07) is 17.1. The van der Waals surface area contributed by atoms with Crippen LogP contribution in [0.4, 0.5) is 0 Å². The molecule has 2 amide bonds. The minimum absolute atomic E-state index is 0.0846. The number of thioether (sulfide) groups is 1. The third-order valence-electron chi connectivity index (χ3n) is 6.62. The highest BCUT2D eigenvalue weighted by molar-refractivity contribution is 7.98. The molecule has 3 heterocycles. The van der Waals surface area contributed by atoms with Crippen molar-refractivity contribution in [3.8, 4) is 17.1 Å². The highest BCUT2D eigenvalue weighted by atomic mass is 32.2. The molecule has 0 saturated carbocycles. The first kappa shape index (κ1) is 28.3. The number of methoxy groups -OCH3 is 1. The monoisotopic (exact) mass is 586 g/mol. The first-order valence-electron chi connectivity index (χ1n) is 13.2. The summed E-state index contributed by atoms with van der Waals surface area (Å²) in [5, 5.41) is 7.10. The van der Waals surface area contributed by atoms with E-state index in [4.69, 9.17) is 4.74 Å². The molecule has 2 aromatic carbocycles. The van der Waals surface area contributed by atoms with Crippen LogP contribution in [-0.2, 0) is 0 Å². The fourth-order valence-corrected chi connectivity index (χ4v) is 5.65. The van der Waals surface area contributed by atoms with E-state index < -0.39 is 0 Å². The minimum Gasteiger partial charge on any atom is -0.480 e. The van der Waals surface area contributed by atoms with E-state index >= 15 is 0 Å². The Bertz CT molecular complexity index is 1640. The molecule has 0 aliphatic heterocycles. The van der Waals surface area contributed by atoms with E-state index in [-0.39, 0.29) is 17.9 Å². The molecule has 0 radical (unpaired) electrons. The maximum absolute atomic E-state index is 12.9. The van der Waals surface area contributed by atoms with Crippen LogP contribution in [0.15, 0.2) is 77.4 Å². The molecule has 0 spiro atoms. The molecule has 0 aliphatic rings. The number of thiazole rings is 1. The van der Waals surface area contributed by atoms with Gasteiger partial charge in [-0.3, -0.25) is 14.6 Å². The summed E-state index contributed by atoms with van der Waals surface area (Å²) in [6.45, 7) is 0.528. The van der Waals surface area contributed by atoms with Gasteiger partial charge in [0.1, 0.15) is 10.7 Å². The minimum atomic E-state index is -0.370. The fraction of sp³-hybridized carbons (Fsp3) is 0.233. The predicted octanol–water partition coefficient (Wildman–Crippen LogP) is 5.88. The summed E-state index contributed by atoms with van der Waals surface area (Å²) in [6.07, 6.45) is 7.38. The van der Waals surface area contributed by atoms with Crippen LogP contribution < -0.4 is 15.4 Å². The zero-order valence-corrected chi connectivity index (χ0v) is 24.3. The second kappa shape index (κ2) is 13.4. The number of fused-ring (bicyclic) bond motifs is 1. The normalized spacial score (nSPS) is 11.8. The van der Waals surface area contributed by atoms with Gasteiger partial charge >= 0.3 is 0 Å². The van der Waals surface area contributed by atoms with Gasteiger partial charge in [0.05, 0.1) is 53.4 Å². The molecular weight excluding hydrogens is 557 g/mol. The number of H-pyrrole nitrogens is 1. The van der Waals surface area contributed by atoms with Gasteiger partial charge in [-0.25, -0.2) is 9.97 Å². The molecule has 11 heteroatoms. The van der Waals surface area contributed by atoms with E-state index in [0.29, 0.717) is 35.1 Å². The number of nitrogens with zero attached hydrogens (tertiary/aromatic N) is 3. The zero-order chi connectivity index (χ0) is 28.6. The Hall–Kier alpha value is -4.22. The van der Waals surface area contributed by atoms with Crippen molar-refractivity contribution in [3.63, 3.8) is 0 Å². The number of amides is 2. The van der Waals surface area contributed by atoms with Crippen LogP contribution in [0.25, 0.3) is 22.2 Å². The number of benzene rings is 2. The van der Waals surface area contributed by atoms with E-state index in [1.54, 1.807) is 36.8 Å². The lowest BCUT2D eigenvalue weighted by Crippen LogP contribution is -2.29. The Morgan fingerprint density at radius 2 is 1.90 bits per heavy atom. The van der Waals surface area contributed by atoms with Crippen molar-refractivity contribution in [1.82, 2.24) is 30.6 Å². The number of imidazole rings is 1. The van der Waals surface area contributed by atoms with Crippen molar-refractivity contribution in [2.45, 2.75) is 30.2 Å². The van der Waals surface area contributed by atoms with Crippen LogP contribution in [0.2, 0.25) is 0 Å². The lowest BCUT2D eigenvalue weighted by molar-refractivity contribution is 0.0935. The molecule has 1 unspecified atom stereocenters. The van der Waals surface area contributed by atoms with Crippen LogP contribution >= 0.6 is 23.1 Å². The maximum Gasteiger partial charge on any atom is 0.263 e. The summed E-state index contributed by atoms with van der Waals surface area (Å²) in [7, 11) is 1.59. The number of carbonyl (C=O) groups is 2. The molecule has 5 rings (SSSR count). The van der Waals surface area contributed by atoms with Gasteiger partial charge in [-0.05, 0) is 49.8 Å². The Morgan fingerprint density at radius 1 is 1.07 bits per heavy atom. The number of aromatic nitrogens is 4. The number of nitrogens with one attached hydrogen (secondary N) is 3. The lowest BCUT2D eigenvalue weighted by Gasteiger charge is -2.17. The van der Waals surface area contributed by atoms with Gasteiger partial charge in [0.15, 0.2) is 0 Å². The first-order valence-corrected chi connectivity index (χ1v) is 15.3. The number of aromatic amines is 1. The van der Waals surface area contributed by atoms with Gasteiger partial charge in [-0.2, -0.15) is 0 Å². The molecule has 1 atom stereocenters. The number of para-hydroxylation sites is 1. The average molecular weight is 587 g/mol. The topological polar surface area (TPSA) is 122 Å². The van der Waals surface area contributed by atoms with E-state index in [1.807, 2.05) is 60.9 Å². The third-order valence-corrected chi connectivity index (χ3v) is 8.18.